The predicted molar refractivity (Wildman–Crippen MR) is 103 cm³/mol. The Labute approximate surface area is 150 Å². The van der Waals surface area contributed by atoms with Crippen LogP contribution in [0.3, 0.4) is 0 Å². The molecule has 1 fully saturated rings. The molecule has 1 aliphatic heterocycles. The number of carbonyl (C=O) groups excluding carboxylic acids is 1. The van der Waals surface area contributed by atoms with E-state index in [0.29, 0.717) is 12.0 Å². The monoisotopic (exact) mass is 339 g/mol. The van der Waals surface area contributed by atoms with Crippen LogP contribution in [0.1, 0.15) is 72.6 Å². The molecule has 0 saturated carbocycles. The molecular weight excluding hydrogens is 298 g/mol. The molecule has 2 unspecified atom stereocenters. The van der Waals surface area contributed by atoms with Gasteiger partial charge < -0.3 is 14.7 Å². The van der Waals surface area contributed by atoms with Crippen LogP contribution in [0.2, 0.25) is 0 Å². The van der Waals surface area contributed by atoms with Crippen molar-refractivity contribution in [3.05, 3.63) is 0 Å². The standard InChI is InChI=1S/C20H41N3O/c1-8-9-10-11-12-13-15-21(5)19(24)23(7)18-14-16-22(6)20(3,4)17(18)2/h17-18H,8-16H2,1-7H3. The van der Waals surface area contributed by atoms with Gasteiger partial charge in [-0.2, -0.15) is 0 Å². The van der Waals surface area contributed by atoms with E-state index in [0.717, 1.165) is 25.9 Å². The molecule has 1 aliphatic rings. The van der Waals surface area contributed by atoms with E-state index in [9.17, 15) is 4.79 Å². The van der Waals surface area contributed by atoms with Gasteiger partial charge in [-0.3, -0.25) is 0 Å². The third-order valence-corrected chi connectivity index (χ3v) is 6.41. The average molecular weight is 340 g/mol. The van der Waals surface area contributed by atoms with Gasteiger partial charge in [-0.05, 0) is 39.7 Å². The Morgan fingerprint density at radius 2 is 1.71 bits per heavy atom. The van der Waals surface area contributed by atoms with Crippen molar-refractivity contribution >= 4 is 6.03 Å². The number of nitrogens with zero attached hydrogens (tertiary/aromatic N) is 3. The van der Waals surface area contributed by atoms with Crippen LogP contribution in [0, 0.1) is 5.92 Å². The minimum Gasteiger partial charge on any atom is -0.328 e. The van der Waals surface area contributed by atoms with E-state index < -0.39 is 0 Å². The van der Waals surface area contributed by atoms with Gasteiger partial charge in [0.1, 0.15) is 0 Å². The topological polar surface area (TPSA) is 26.8 Å². The third kappa shape index (κ3) is 5.37. The van der Waals surface area contributed by atoms with Crippen LogP contribution < -0.4 is 0 Å². The third-order valence-electron chi connectivity index (χ3n) is 6.41. The molecule has 4 heteroatoms. The Balaban J connectivity index is 2.45. The van der Waals surface area contributed by atoms with Crippen LogP contribution in [-0.2, 0) is 0 Å². The zero-order chi connectivity index (χ0) is 18.3. The Kier molecular flexibility index (Phi) is 8.55. The van der Waals surface area contributed by atoms with E-state index >= 15 is 0 Å². The fourth-order valence-corrected chi connectivity index (χ4v) is 3.85. The van der Waals surface area contributed by atoms with Crippen molar-refractivity contribution < 1.29 is 4.79 Å². The fourth-order valence-electron chi connectivity index (χ4n) is 3.85. The summed E-state index contributed by atoms with van der Waals surface area (Å²) in [5, 5.41) is 0. The highest BCUT2D eigenvalue weighted by Crippen LogP contribution is 2.34. The number of urea groups is 1. The first-order valence-electron chi connectivity index (χ1n) is 9.92. The molecule has 1 heterocycles. The number of piperidine rings is 1. The summed E-state index contributed by atoms with van der Waals surface area (Å²) in [5.41, 5.74) is 0.134. The highest BCUT2D eigenvalue weighted by Gasteiger charge is 2.42. The molecule has 142 valence electrons. The molecule has 0 spiro atoms. The van der Waals surface area contributed by atoms with Gasteiger partial charge in [0.15, 0.2) is 0 Å². The van der Waals surface area contributed by atoms with Crippen molar-refractivity contribution in [3.63, 3.8) is 0 Å². The van der Waals surface area contributed by atoms with Gasteiger partial charge in [0, 0.05) is 38.8 Å². The molecule has 0 aromatic carbocycles. The molecule has 0 bridgehead atoms. The lowest BCUT2D eigenvalue weighted by molar-refractivity contribution is -0.00139. The molecule has 4 nitrogen and oxygen atoms in total. The van der Waals surface area contributed by atoms with Crippen molar-refractivity contribution in [3.8, 4) is 0 Å². The minimum atomic E-state index is 0.134. The van der Waals surface area contributed by atoms with Crippen molar-refractivity contribution in [2.45, 2.75) is 84.2 Å². The number of hydrogen-bond acceptors (Lipinski definition) is 2. The Morgan fingerprint density at radius 3 is 2.33 bits per heavy atom. The van der Waals surface area contributed by atoms with E-state index in [1.54, 1.807) is 0 Å². The number of amides is 2. The maximum absolute atomic E-state index is 12.8. The molecule has 1 rings (SSSR count). The van der Waals surface area contributed by atoms with Crippen LogP contribution in [0.4, 0.5) is 4.79 Å². The number of unbranched alkanes of at least 4 members (excludes halogenated alkanes) is 5. The van der Waals surface area contributed by atoms with Gasteiger partial charge >= 0.3 is 6.03 Å². The second-order valence-corrected chi connectivity index (χ2v) is 8.30. The van der Waals surface area contributed by atoms with Crippen molar-refractivity contribution in [1.82, 2.24) is 14.7 Å². The zero-order valence-corrected chi connectivity index (χ0v) is 17.3. The van der Waals surface area contributed by atoms with Gasteiger partial charge in [0.2, 0.25) is 0 Å². The van der Waals surface area contributed by atoms with Crippen molar-refractivity contribution in [2.24, 2.45) is 5.92 Å². The summed E-state index contributed by atoms with van der Waals surface area (Å²) in [6.07, 6.45) is 8.67. The predicted octanol–water partition coefficient (Wildman–Crippen LogP) is 4.45. The second kappa shape index (κ2) is 9.65. The van der Waals surface area contributed by atoms with Gasteiger partial charge in [-0.1, -0.05) is 46.0 Å². The van der Waals surface area contributed by atoms with E-state index in [4.69, 9.17) is 0 Å². The van der Waals surface area contributed by atoms with Crippen molar-refractivity contribution in [2.75, 3.05) is 34.2 Å². The minimum absolute atomic E-state index is 0.134. The Bertz CT molecular complexity index is 383. The maximum atomic E-state index is 12.8. The first-order chi connectivity index (χ1) is 11.2. The normalized spacial score (nSPS) is 24.0. The van der Waals surface area contributed by atoms with E-state index in [-0.39, 0.29) is 11.6 Å². The van der Waals surface area contributed by atoms with E-state index in [2.05, 4.69) is 39.6 Å². The molecule has 2 amide bonds. The summed E-state index contributed by atoms with van der Waals surface area (Å²) in [6.45, 7) is 11.1. The number of rotatable bonds is 8. The van der Waals surface area contributed by atoms with Crippen LogP contribution >= 0.6 is 0 Å². The molecule has 0 aromatic rings. The largest absolute Gasteiger partial charge is 0.328 e. The zero-order valence-electron chi connectivity index (χ0n) is 17.3. The first kappa shape index (κ1) is 21.3. The smallest absolute Gasteiger partial charge is 0.319 e. The molecule has 0 N–H and O–H groups in total. The number of likely N-dealkylation sites (tertiary alicyclic amines) is 1. The van der Waals surface area contributed by atoms with E-state index in [1.807, 2.05) is 23.9 Å². The molecule has 0 radical (unpaired) electrons. The van der Waals surface area contributed by atoms with Gasteiger partial charge in [-0.25, -0.2) is 4.79 Å². The lowest BCUT2D eigenvalue weighted by Gasteiger charge is -2.51. The van der Waals surface area contributed by atoms with Crippen LogP contribution in [0.25, 0.3) is 0 Å². The molecular formula is C20H41N3O. The fraction of sp³-hybridized carbons (Fsp3) is 0.950. The average Bonchev–Trinajstić information content (AvgIpc) is 2.55. The van der Waals surface area contributed by atoms with Crippen LogP contribution in [0.15, 0.2) is 0 Å². The Hall–Kier alpha value is -0.770. The number of hydrogen-bond donors (Lipinski definition) is 0. The highest BCUT2D eigenvalue weighted by molar-refractivity contribution is 5.74. The lowest BCUT2D eigenvalue weighted by Crippen LogP contribution is -2.61. The molecule has 1 saturated heterocycles. The number of carbonyl (C=O) groups is 1. The molecule has 0 aliphatic carbocycles. The van der Waals surface area contributed by atoms with E-state index in [1.165, 1.54) is 32.1 Å². The summed E-state index contributed by atoms with van der Waals surface area (Å²) in [5.74, 6) is 0.465. The quantitative estimate of drug-likeness (QED) is 0.611. The van der Waals surface area contributed by atoms with Gasteiger partial charge in [0.05, 0.1) is 0 Å². The molecule has 24 heavy (non-hydrogen) atoms. The maximum Gasteiger partial charge on any atom is 0.319 e. The molecule has 2 atom stereocenters. The first-order valence-corrected chi connectivity index (χ1v) is 9.92. The summed E-state index contributed by atoms with van der Waals surface area (Å²) >= 11 is 0. The van der Waals surface area contributed by atoms with Crippen LogP contribution in [0.5, 0.6) is 0 Å². The van der Waals surface area contributed by atoms with Crippen LogP contribution in [-0.4, -0.2) is 66.5 Å². The molecule has 0 aromatic heterocycles. The summed E-state index contributed by atoms with van der Waals surface area (Å²) < 4.78 is 0. The second-order valence-electron chi connectivity index (χ2n) is 8.30. The van der Waals surface area contributed by atoms with Gasteiger partial charge in [-0.15, -0.1) is 0 Å². The summed E-state index contributed by atoms with van der Waals surface area (Å²) in [4.78, 5) is 19.1. The summed E-state index contributed by atoms with van der Waals surface area (Å²) in [6, 6.07) is 0.511. The Morgan fingerprint density at radius 1 is 1.12 bits per heavy atom. The lowest BCUT2D eigenvalue weighted by atomic mass is 9.77. The SMILES string of the molecule is CCCCCCCCN(C)C(=O)N(C)C1CCN(C)C(C)(C)C1C. The highest BCUT2D eigenvalue weighted by atomic mass is 16.2. The van der Waals surface area contributed by atoms with Crippen molar-refractivity contribution in [1.29, 1.82) is 0 Å². The van der Waals surface area contributed by atoms with Gasteiger partial charge in [0.25, 0.3) is 0 Å². The summed E-state index contributed by atoms with van der Waals surface area (Å²) in [7, 11) is 6.14.